The van der Waals surface area contributed by atoms with Gasteiger partial charge in [-0.05, 0) is 25.1 Å². The molecule has 1 N–H and O–H groups in total. The molecule has 0 aliphatic rings. The maximum Gasteiger partial charge on any atom is 0.345 e. The van der Waals surface area contributed by atoms with Gasteiger partial charge in [-0.2, -0.15) is 4.98 Å². The standard InChI is InChI=1S/C13H10F2N2O3.ClH/c1-6-10(12(18)20-2)11(17-13(19)16-6)7-3-4-8(14)9(15)5-7;/h3-5H,1-2H3,(H,16,17,19);1H. The lowest BCUT2D eigenvalue weighted by molar-refractivity contribution is 0.0599. The van der Waals surface area contributed by atoms with Crippen LogP contribution in [0.2, 0.25) is 0 Å². The van der Waals surface area contributed by atoms with Crippen molar-refractivity contribution in [1.29, 1.82) is 0 Å². The van der Waals surface area contributed by atoms with Crippen LogP contribution in [0.4, 0.5) is 8.78 Å². The molecule has 0 aliphatic heterocycles. The van der Waals surface area contributed by atoms with Gasteiger partial charge in [0.1, 0.15) is 5.56 Å². The molecular formula is C13H11ClF2N2O3. The first kappa shape index (κ1) is 16.8. The van der Waals surface area contributed by atoms with E-state index in [1.165, 1.54) is 20.1 Å². The summed E-state index contributed by atoms with van der Waals surface area (Å²) in [6.07, 6.45) is 0. The number of carbonyl (C=O) groups excluding carboxylic acids is 1. The number of rotatable bonds is 2. The minimum Gasteiger partial charge on any atom is -0.465 e. The lowest BCUT2D eigenvalue weighted by atomic mass is 10.0. The highest BCUT2D eigenvalue weighted by Crippen LogP contribution is 2.24. The number of benzene rings is 1. The Morgan fingerprint density at radius 3 is 2.52 bits per heavy atom. The average Bonchev–Trinajstić information content (AvgIpc) is 2.40. The van der Waals surface area contributed by atoms with Crippen LogP contribution in [0.3, 0.4) is 0 Å². The third-order valence-electron chi connectivity index (χ3n) is 2.70. The number of halogens is 3. The first-order valence-electron chi connectivity index (χ1n) is 5.58. The number of aromatic amines is 1. The van der Waals surface area contributed by atoms with E-state index < -0.39 is 23.3 Å². The van der Waals surface area contributed by atoms with Gasteiger partial charge >= 0.3 is 11.7 Å². The Kier molecular flexibility index (Phi) is 5.15. The molecule has 2 rings (SSSR count). The van der Waals surface area contributed by atoms with Crippen molar-refractivity contribution in [2.45, 2.75) is 6.92 Å². The summed E-state index contributed by atoms with van der Waals surface area (Å²) in [5, 5.41) is 0. The highest BCUT2D eigenvalue weighted by atomic mass is 35.5. The van der Waals surface area contributed by atoms with Crippen molar-refractivity contribution in [2.75, 3.05) is 7.11 Å². The van der Waals surface area contributed by atoms with E-state index in [9.17, 15) is 18.4 Å². The highest BCUT2D eigenvalue weighted by molar-refractivity contribution is 5.97. The zero-order valence-corrected chi connectivity index (χ0v) is 11.9. The number of esters is 1. The van der Waals surface area contributed by atoms with Gasteiger partial charge < -0.3 is 9.72 Å². The second-order valence-electron chi connectivity index (χ2n) is 4.01. The van der Waals surface area contributed by atoms with Crippen LogP contribution >= 0.6 is 12.4 Å². The van der Waals surface area contributed by atoms with Crippen LogP contribution in [-0.4, -0.2) is 23.0 Å². The van der Waals surface area contributed by atoms with Gasteiger partial charge in [-0.3, -0.25) is 0 Å². The lowest BCUT2D eigenvalue weighted by Crippen LogP contribution is -2.19. The van der Waals surface area contributed by atoms with Gasteiger partial charge in [-0.1, -0.05) is 0 Å². The van der Waals surface area contributed by atoms with Crippen molar-refractivity contribution < 1.29 is 18.3 Å². The fourth-order valence-corrected chi connectivity index (χ4v) is 1.79. The smallest absolute Gasteiger partial charge is 0.345 e. The number of aryl methyl sites for hydroxylation is 1. The molecule has 0 saturated carbocycles. The van der Waals surface area contributed by atoms with Gasteiger partial charge in [0.2, 0.25) is 0 Å². The van der Waals surface area contributed by atoms with Gasteiger partial charge in [-0.15, -0.1) is 12.4 Å². The molecule has 0 fully saturated rings. The molecule has 1 aromatic carbocycles. The Morgan fingerprint density at radius 1 is 1.29 bits per heavy atom. The molecule has 0 atom stereocenters. The monoisotopic (exact) mass is 316 g/mol. The first-order chi connectivity index (χ1) is 9.43. The number of carbonyl (C=O) groups is 1. The van der Waals surface area contributed by atoms with E-state index in [0.29, 0.717) is 0 Å². The molecule has 0 amide bonds. The van der Waals surface area contributed by atoms with Crippen LogP contribution < -0.4 is 5.69 Å². The quantitative estimate of drug-likeness (QED) is 0.862. The van der Waals surface area contributed by atoms with Crippen molar-refractivity contribution in [3.63, 3.8) is 0 Å². The first-order valence-corrected chi connectivity index (χ1v) is 5.58. The summed E-state index contributed by atoms with van der Waals surface area (Å²) >= 11 is 0. The lowest BCUT2D eigenvalue weighted by Gasteiger charge is -2.09. The molecule has 0 spiro atoms. The molecule has 5 nitrogen and oxygen atoms in total. The van der Waals surface area contributed by atoms with Gasteiger partial charge in [0.05, 0.1) is 12.8 Å². The Bertz CT molecular complexity index is 747. The van der Waals surface area contributed by atoms with Gasteiger partial charge in [0, 0.05) is 11.3 Å². The van der Waals surface area contributed by atoms with E-state index in [-0.39, 0.29) is 34.9 Å². The predicted molar refractivity (Wildman–Crippen MR) is 73.5 cm³/mol. The summed E-state index contributed by atoms with van der Waals surface area (Å²) in [5.41, 5.74) is -0.417. The molecule has 0 saturated heterocycles. The molecule has 0 radical (unpaired) electrons. The van der Waals surface area contributed by atoms with Gasteiger partial charge in [0.15, 0.2) is 11.6 Å². The fraction of sp³-hybridized carbons (Fsp3) is 0.154. The topological polar surface area (TPSA) is 72.0 Å². The molecule has 112 valence electrons. The van der Waals surface area contributed by atoms with Gasteiger partial charge in [-0.25, -0.2) is 18.4 Å². The summed E-state index contributed by atoms with van der Waals surface area (Å²) in [4.78, 5) is 29.2. The highest BCUT2D eigenvalue weighted by Gasteiger charge is 2.20. The van der Waals surface area contributed by atoms with Crippen molar-refractivity contribution >= 4 is 18.4 Å². The van der Waals surface area contributed by atoms with Crippen molar-refractivity contribution in [1.82, 2.24) is 9.97 Å². The Balaban J connectivity index is 0.00000220. The Labute approximate surface area is 124 Å². The SMILES string of the molecule is COC(=O)c1c(-c2ccc(F)c(F)c2)nc(=O)[nH]c1C.Cl. The van der Waals surface area contributed by atoms with Gasteiger partial charge in [0.25, 0.3) is 0 Å². The fourth-order valence-electron chi connectivity index (χ4n) is 1.79. The maximum absolute atomic E-state index is 13.3. The second kappa shape index (κ2) is 6.45. The Morgan fingerprint density at radius 2 is 1.95 bits per heavy atom. The molecule has 0 bridgehead atoms. The van der Waals surface area contributed by atoms with Crippen molar-refractivity contribution in [3.05, 3.63) is 51.6 Å². The molecule has 0 aliphatic carbocycles. The normalized spacial score (nSPS) is 9.90. The van der Waals surface area contributed by atoms with E-state index in [0.717, 1.165) is 12.1 Å². The molecule has 1 heterocycles. The molecule has 21 heavy (non-hydrogen) atoms. The van der Waals surface area contributed by atoms with E-state index in [2.05, 4.69) is 14.7 Å². The zero-order valence-electron chi connectivity index (χ0n) is 11.1. The van der Waals surface area contributed by atoms with Crippen molar-refractivity contribution in [2.24, 2.45) is 0 Å². The maximum atomic E-state index is 13.3. The second-order valence-corrected chi connectivity index (χ2v) is 4.01. The number of nitrogens with zero attached hydrogens (tertiary/aromatic N) is 1. The molecule has 2 aromatic rings. The summed E-state index contributed by atoms with van der Waals surface area (Å²) < 4.78 is 30.8. The van der Waals surface area contributed by atoms with E-state index in [1.54, 1.807) is 0 Å². The molecular weight excluding hydrogens is 306 g/mol. The van der Waals surface area contributed by atoms with Crippen LogP contribution in [0.1, 0.15) is 16.1 Å². The van der Waals surface area contributed by atoms with E-state index >= 15 is 0 Å². The largest absolute Gasteiger partial charge is 0.465 e. The number of hydrogen-bond donors (Lipinski definition) is 1. The number of hydrogen-bond acceptors (Lipinski definition) is 4. The number of ether oxygens (including phenoxy) is 1. The summed E-state index contributed by atoms with van der Waals surface area (Å²) in [6, 6.07) is 2.99. The van der Waals surface area contributed by atoms with Crippen LogP contribution in [-0.2, 0) is 4.74 Å². The Hall–Kier alpha value is -2.28. The number of aromatic nitrogens is 2. The minimum atomic E-state index is -1.10. The van der Waals surface area contributed by atoms with Crippen molar-refractivity contribution in [3.8, 4) is 11.3 Å². The third-order valence-corrected chi connectivity index (χ3v) is 2.70. The third kappa shape index (κ3) is 3.25. The van der Waals surface area contributed by atoms with Crippen LogP contribution in [0.25, 0.3) is 11.3 Å². The number of nitrogens with one attached hydrogen (secondary N) is 1. The number of H-pyrrole nitrogens is 1. The predicted octanol–water partition coefficient (Wildman–Crippen LogP) is 2.23. The molecule has 1 aromatic heterocycles. The van der Waals surface area contributed by atoms with Crippen LogP contribution in [0, 0.1) is 18.6 Å². The summed E-state index contributed by atoms with van der Waals surface area (Å²) in [5.74, 6) is -2.86. The van der Waals surface area contributed by atoms with Crippen LogP contribution in [0.5, 0.6) is 0 Å². The average molecular weight is 317 g/mol. The van der Waals surface area contributed by atoms with E-state index in [1.807, 2.05) is 0 Å². The summed E-state index contributed by atoms with van der Waals surface area (Å²) in [6.45, 7) is 1.48. The minimum absolute atomic E-state index is 0. The van der Waals surface area contributed by atoms with Crippen LogP contribution in [0.15, 0.2) is 23.0 Å². The number of methoxy groups -OCH3 is 1. The molecule has 8 heteroatoms. The molecule has 0 unspecified atom stereocenters. The van der Waals surface area contributed by atoms with E-state index in [4.69, 9.17) is 0 Å². The summed E-state index contributed by atoms with van der Waals surface area (Å²) in [7, 11) is 1.17. The zero-order chi connectivity index (χ0) is 14.9.